The summed E-state index contributed by atoms with van der Waals surface area (Å²) in [4.78, 5) is 33.4. The van der Waals surface area contributed by atoms with Gasteiger partial charge in [-0.05, 0) is 36.5 Å². The monoisotopic (exact) mass is 401 g/mol. The minimum Gasteiger partial charge on any atom is -0.356 e. The number of para-hydroxylation sites is 1. The molecule has 2 aliphatic heterocycles. The molecular formula is C25H27N3O2. The maximum absolute atomic E-state index is 13.3. The van der Waals surface area contributed by atoms with E-state index in [1.54, 1.807) is 0 Å². The van der Waals surface area contributed by atoms with Crippen molar-refractivity contribution in [2.24, 2.45) is 0 Å². The second kappa shape index (κ2) is 7.63. The highest BCUT2D eigenvalue weighted by Gasteiger charge is 2.51. The summed E-state index contributed by atoms with van der Waals surface area (Å²) in [5.74, 6) is -0.0332. The van der Waals surface area contributed by atoms with Gasteiger partial charge in [0.05, 0.1) is 6.04 Å². The van der Waals surface area contributed by atoms with E-state index in [2.05, 4.69) is 36.2 Å². The summed E-state index contributed by atoms with van der Waals surface area (Å²) in [5, 5.41) is 1.17. The molecule has 0 saturated carbocycles. The second-order valence-electron chi connectivity index (χ2n) is 8.36. The van der Waals surface area contributed by atoms with Gasteiger partial charge in [-0.1, -0.05) is 61.9 Å². The minimum atomic E-state index is -0.387. The lowest BCUT2D eigenvalue weighted by Gasteiger charge is -2.35. The van der Waals surface area contributed by atoms with Crippen LogP contribution < -0.4 is 0 Å². The molecule has 1 saturated heterocycles. The van der Waals surface area contributed by atoms with Crippen molar-refractivity contribution in [1.29, 1.82) is 0 Å². The number of fused-ring (bicyclic) bond motifs is 4. The molecular weight excluding hydrogens is 374 g/mol. The van der Waals surface area contributed by atoms with Crippen LogP contribution in [0, 0.1) is 0 Å². The number of imide groups is 1. The number of rotatable bonds is 6. The van der Waals surface area contributed by atoms with Crippen molar-refractivity contribution >= 4 is 22.8 Å². The molecule has 5 nitrogen and oxygen atoms in total. The van der Waals surface area contributed by atoms with Gasteiger partial charge in [-0.25, -0.2) is 4.79 Å². The Morgan fingerprint density at radius 2 is 1.80 bits per heavy atom. The highest BCUT2D eigenvalue weighted by Crippen LogP contribution is 2.42. The van der Waals surface area contributed by atoms with E-state index in [0.29, 0.717) is 13.0 Å². The zero-order valence-electron chi connectivity index (χ0n) is 17.3. The largest absolute Gasteiger partial charge is 0.356 e. The van der Waals surface area contributed by atoms with Crippen LogP contribution in [0.2, 0.25) is 0 Å². The Kier molecular flexibility index (Phi) is 4.81. The van der Waals surface area contributed by atoms with Crippen molar-refractivity contribution in [3.63, 3.8) is 0 Å². The number of carbonyl (C=O) groups excluding carboxylic acids is 2. The zero-order chi connectivity index (χ0) is 20.7. The van der Waals surface area contributed by atoms with Gasteiger partial charge in [0.1, 0.15) is 6.04 Å². The van der Waals surface area contributed by atoms with Gasteiger partial charge in [0.25, 0.3) is 5.91 Å². The van der Waals surface area contributed by atoms with E-state index in [0.717, 1.165) is 36.9 Å². The first-order valence-corrected chi connectivity index (χ1v) is 11.0. The van der Waals surface area contributed by atoms with Crippen molar-refractivity contribution in [3.8, 4) is 0 Å². The van der Waals surface area contributed by atoms with Crippen molar-refractivity contribution in [3.05, 3.63) is 71.4 Å². The Balaban J connectivity index is 1.54. The third kappa shape index (κ3) is 3.00. The van der Waals surface area contributed by atoms with Crippen LogP contribution in [0.15, 0.2) is 54.6 Å². The van der Waals surface area contributed by atoms with Crippen molar-refractivity contribution in [2.75, 3.05) is 6.54 Å². The summed E-state index contributed by atoms with van der Waals surface area (Å²) in [6.07, 6.45) is 4.05. The summed E-state index contributed by atoms with van der Waals surface area (Å²) >= 11 is 0. The number of aromatic amines is 1. The van der Waals surface area contributed by atoms with Crippen molar-refractivity contribution in [2.45, 2.75) is 51.1 Å². The molecule has 1 fully saturated rings. The van der Waals surface area contributed by atoms with E-state index in [1.807, 2.05) is 35.2 Å². The van der Waals surface area contributed by atoms with Gasteiger partial charge >= 0.3 is 6.03 Å². The number of nitrogens with zero attached hydrogens (tertiary/aromatic N) is 2. The summed E-state index contributed by atoms with van der Waals surface area (Å²) in [7, 11) is 0. The van der Waals surface area contributed by atoms with Gasteiger partial charge in [-0.3, -0.25) is 9.69 Å². The Morgan fingerprint density at radius 1 is 1.03 bits per heavy atom. The Hall–Kier alpha value is -3.08. The quantitative estimate of drug-likeness (QED) is 0.602. The van der Waals surface area contributed by atoms with E-state index >= 15 is 0 Å². The second-order valence-corrected chi connectivity index (χ2v) is 8.36. The molecule has 5 heteroatoms. The summed E-state index contributed by atoms with van der Waals surface area (Å²) in [5.41, 5.74) is 4.62. The highest BCUT2D eigenvalue weighted by atomic mass is 16.2. The van der Waals surface area contributed by atoms with Crippen molar-refractivity contribution in [1.82, 2.24) is 14.8 Å². The zero-order valence-corrected chi connectivity index (χ0v) is 17.3. The molecule has 2 aliphatic rings. The maximum atomic E-state index is 13.3. The molecule has 0 bridgehead atoms. The van der Waals surface area contributed by atoms with Crippen LogP contribution in [0.5, 0.6) is 0 Å². The average Bonchev–Trinajstić information content (AvgIpc) is 3.26. The molecule has 5 rings (SSSR count). The lowest BCUT2D eigenvalue weighted by Crippen LogP contribution is -2.43. The van der Waals surface area contributed by atoms with Crippen LogP contribution in [0.3, 0.4) is 0 Å². The van der Waals surface area contributed by atoms with Crippen LogP contribution in [0.4, 0.5) is 4.79 Å². The van der Waals surface area contributed by atoms with Gasteiger partial charge in [0.15, 0.2) is 0 Å². The number of amides is 3. The Morgan fingerprint density at radius 3 is 2.60 bits per heavy atom. The molecule has 3 heterocycles. The fourth-order valence-corrected chi connectivity index (χ4v) is 5.01. The smallest absolute Gasteiger partial charge is 0.328 e. The molecule has 1 aromatic heterocycles. The van der Waals surface area contributed by atoms with Gasteiger partial charge in [-0.15, -0.1) is 0 Å². The SMILES string of the molecule is CCCCN1C(=O)[C@H]2Cc3c([nH]c4ccccc34)[C@@H](CCc3ccccc3)N2C1=O. The standard InChI is InChI=1S/C25H27N3O2/c1-2-3-15-27-24(29)22-16-19-18-11-7-8-12-20(18)26-23(19)21(28(22)25(27)30)14-13-17-9-5-4-6-10-17/h4-12,21-22,26H,2-3,13-16H2,1H3/t21-,22-/m1/s1. The van der Waals surface area contributed by atoms with Gasteiger partial charge < -0.3 is 9.88 Å². The number of aryl methyl sites for hydroxylation is 1. The first-order chi connectivity index (χ1) is 14.7. The summed E-state index contributed by atoms with van der Waals surface area (Å²) in [6, 6.07) is 18.0. The average molecular weight is 402 g/mol. The first-order valence-electron chi connectivity index (χ1n) is 11.0. The number of unbranched alkanes of at least 4 members (excludes halogenated alkanes) is 1. The topological polar surface area (TPSA) is 56.4 Å². The molecule has 3 aromatic rings. The lowest BCUT2D eigenvalue weighted by atomic mass is 9.89. The minimum absolute atomic E-state index is 0.0332. The van der Waals surface area contributed by atoms with E-state index in [9.17, 15) is 9.59 Å². The molecule has 3 amide bonds. The normalized spacial score (nSPS) is 20.7. The maximum Gasteiger partial charge on any atom is 0.328 e. The molecule has 30 heavy (non-hydrogen) atoms. The first kappa shape index (κ1) is 18.9. The van der Waals surface area contributed by atoms with E-state index in [1.165, 1.54) is 21.4 Å². The predicted molar refractivity (Wildman–Crippen MR) is 117 cm³/mol. The third-order valence-corrected chi connectivity index (χ3v) is 6.54. The number of hydrogen-bond donors (Lipinski definition) is 1. The fraction of sp³-hybridized carbons (Fsp3) is 0.360. The third-order valence-electron chi connectivity index (χ3n) is 6.54. The van der Waals surface area contributed by atoms with Crippen LogP contribution in [0.25, 0.3) is 10.9 Å². The number of hydrogen-bond acceptors (Lipinski definition) is 2. The van der Waals surface area contributed by atoms with Crippen LogP contribution in [0.1, 0.15) is 49.0 Å². The highest BCUT2D eigenvalue weighted by molar-refractivity contribution is 6.05. The van der Waals surface area contributed by atoms with E-state index in [-0.39, 0.29) is 24.0 Å². The number of nitrogens with one attached hydrogen (secondary N) is 1. The van der Waals surface area contributed by atoms with Crippen molar-refractivity contribution < 1.29 is 9.59 Å². The number of aromatic nitrogens is 1. The molecule has 1 N–H and O–H groups in total. The number of H-pyrrole nitrogens is 1. The van der Waals surface area contributed by atoms with Crippen LogP contribution in [-0.4, -0.2) is 39.3 Å². The molecule has 0 spiro atoms. The van der Waals surface area contributed by atoms with Gasteiger partial charge in [0.2, 0.25) is 0 Å². The van der Waals surface area contributed by atoms with E-state index < -0.39 is 0 Å². The van der Waals surface area contributed by atoms with Crippen LogP contribution >= 0.6 is 0 Å². The van der Waals surface area contributed by atoms with E-state index in [4.69, 9.17) is 0 Å². The van der Waals surface area contributed by atoms with Gasteiger partial charge in [-0.2, -0.15) is 0 Å². The summed E-state index contributed by atoms with van der Waals surface area (Å²) < 4.78 is 0. The number of benzene rings is 2. The van der Waals surface area contributed by atoms with Crippen LogP contribution in [-0.2, 0) is 17.6 Å². The number of urea groups is 1. The summed E-state index contributed by atoms with van der Waals surface area (Å²) in [6.45, 7) is 2.60. The van der Waals surface area contributed by atoms with Gasteiger partial charge in [0, 0.05) is 29.6 Å². The molecule has 0 aliphatic carbocycles. The Bertz CT molecular complexity index is 1090. The lowest BCUT2D eigenvalue weighted by molar-refractivity contribution is -0.128. The fourth-order valence-electron chi connectivity index (χ4n) is 5.01. The Labute approximate surface area is 176 Å². The predicted octanol–water partition coefficient (Wildman–Crippen LogP) is 4.83. The number of carbonyl (C=O) groups is 2. The molecule has 154 valence electrons. The molecule has 2 atom stereocenters. The molecule has 0 radical (unpaired) electrons. The molecule has 0 unspecified atom stereocenters. The molecule has 2 aromatic carbocycles.